The van der Waals surface area contributed by atoms with Gasteiger partial charge < -0.3 is 14.8 Å². The summed E-state index contributed by atoms with van der Waals surface area (Å²) in [7, 11) is 0. The Kier molecular flexibility index (Phi) is 4.92. The van der Waals surface area contributed by atoms with Crippen LogP contribution in [0, 0.1) is 6.92 Å². The van der Waals surface area contributed by atoms with Crippen LogP contribution in [0.25, 0.3) is 5.57 Å². The fourth-order valence-corrected chi connectivity index (χ4v) is 4.54. The average molecular weight is 453 g/mol. The number of carbonyl (C=O) groups excluding carboxylic acids is 2. The first-order valence-electron chi connectivity index (χ1n) is 9.62. The van der Waals surface area contributed by atoms with Crippen LogP contribution in [0.3, 0.4) is 0 Å². The minimum absolute atomic E-state index is 0.212. The number of amides is 2. The van der Waals surface area contributed by atoms with E-state index < -0.39 is 11.8 Å². The van der Waals surface area contributed by atoms with Gasteiger partial charge in [0.2, 0.25) is 0 Å². The van der Waals surface area contributed by atoms with Gasteiger partial charge in [0.05, 0.1) is 11.3 Å². The molecular formula is C23H17ClN2O4S. The Morgan fingerprint density at radius 3 is 2.58 bits per heavy atom. The Morgan fingerprint density at radius 2 is 1.81 bits per heavy atom. The van der Waals surface area contributed by atoms with Crippen LogP contribution in [0.15, 0.2) is 59.6 Å². The summed E-state index contributed by atoms with van der Waals surface area (Å²) >= 11 is 7.56. The van der Waals surface area contributed by atoms with Gasteiger partial charge in [-0.1, -0.05) is 23.7 Å². The number of hydrogen-bond acceptors (Lipinski definition) is 6. The van der Waals surface area contributed by atoms with E-state index in [0.29, 0.717) is 51.6 Å². The number of nitrogens with one attached hydrogen (secondary N) is 1. The second kappa shape index (κ2) is 7.76. The zero-order valence-electron chi connectivity index (χ0n) is 16.5. The quantitative estimate of drug-likeness (QED) is 0.571. The summed E-state index contributed by atoms with van der Waals surface area (Å²) in [5, 5.41) is 5.47. The third kappa shape index (κ3) is 3.45. The highest BCUT2D eigenvalue weighted by atomic mass is 35.5. The molecule has 31 heavy (non-hydrogen) atoms. The third-order valence-corrected chi connectivity index (χ3v) is 6.20. The van der Waals surface area contributed by atoms with Crippen molar-refractivity contribution in [1.29, 1.82) is 0 Å². The predicted molar refractivity (Wildman–Crippen MR) is 121 cm³/mol. The molecule has 0 saturated carbocycles. The van der Waals surface area contributed by atoms with E-state index in [4.69, 9.17) is 21.1 Å². The maximum absolute atomic E-state index is 13.5. The lowest BCUT2D eigenvalue weighted by atomic mass is 10.1. The first-order valence-corrected chi connectivity index (χ1v) is 10.9. The summed E-state index contributed by atoms with van der Waals surface area (Å²) in [5.74, 6) is 0.412. The van der Waals surface area contributed by atoms with E-state index in [1.807, 2.05) is 24.4 Å². The molecule has 3 heterocycles. The van der Waals surface area contributed by atoms with E-state index in [2.05, 4.69) is 5.32 Å². The molecule has 0 atom stereocenters. The van der Waals surface area contributed by atoms with Crippen molar-refractivity contribution in [3.63, 3.8) is 0 Å². The van der Waals surface area contributed by atoms with Crippen LogP contribution in [-0.4, -0.2) is 25.0 Å². The molecule has 0 unspecified atom stereocenters. The van der Waals surface area contributed by atoms with Crippen molar-refractivity contribution in [2.75, 3.05) is 23.4 Å². The van der Waals surface area contributed by atoms with Gasteiger partial charge in [0, 0.05) is 21.7 Å². The maximum Gasteiger partial charge on any atom is 0.282 e. The Hall–Kier alpha value is -3.29. The Morgan fingerprint density at radius 1 is 1.00 bits per heavy atom. The van der Waals surface area contributed by atoms with Gasteiger partial charge >= 0.3 is 0 Å². The topological polar surface area (TPSA) is 67.9 Å². The molecule has 6 nitrogen and oxygen atoms in total. The van der Waals surface area contributed by atoms with Crippen LogP contribution >= 0.6 is 22.9 Å². The fourth-order valence-electron chi connectivity index (χ4n) is 3.60. The first kappa shape index (κ1) is 19.7. The highest BCUT2D eigenvalue weighted by molar-refractivity contribution is 7.11. The molecule has 0 radical (unpaired) electrons. The SMILES string of the molecule is Cc1ccc(Cl)cc1N1C(=O)C(Nc2ccc3c(c2)OCCO3)=C(c2cccs2)C1=O. The van der Waals surface area contributed by atoms with Crippen molar-refractivity contribution in [1.82, 2.24) is 0 Å². The van der Waals surface area contributed by atoms with E-state index in [1.54, 1.807) is 36.4 Å². The number of anilines is 2. The standard InChI is InChI=1S/C23H17ClN2O4S/c1-13-4-5-14(24)11-16(13)26-22(27)20(19-3-2-10-31-19)21(23(26)28)25-15-6-7-17-18(12-15)30-9-8-29-17/h2-7,10-12,25H,8-9H2,1H3. The number of benzene rings is 2. The molecule has 1 aromatic heterocycles. The Balaban J connectivity index is 1.58. The second-order valence-electron chi connectivity index (χ2n) is 7.09. The highest BCUT2D eigenvalue weighted by Gasteiger charge is 2.41. The van der Waals surface area contributed by atoms with Gasteiger partial charge in [-0.2, -0.15) is 0 Å². The fraction of sp³-hybridized carbons (Fsp3) is 0.130. The lowest BCUT2D eigenvalue weighted by molar-refractivity contribution is -0.120. The zero-order valence-corrected chi connectivity index (χ0v) is 18.0. The van der Waals surface area contributed by atoms with Crippen molar-refractivity contribution < 1.29 is 19.1 Å². The lowest BCUT2D eigenvalue weighted by Gasteiger charge is -2.20. The zero-order chi connectivity index (χ0) is 21.5. The van der Waals surface area contributed by atoms with Crippen molar-refractivity contribution in [2.45, 2.75) is 6.92 Å². The average Bonchev–Trinajstić information content (AvgIpc) is 3.37. The van der Waals surface area contributed by atoms with E-state index in [-0.39, 0.29) is 5.70 Å². The number of nitrogens with zero attached hydrogens (tertiary/aromatic N) is 1. The van der Waals surface area contributed by atoms with Crippen LogP contribution in [0.4, 0.5) is 11.4 Å². The molecule has 2 aromatic carbocycles. The molecule has 5 rings (SSSR count). The number of halogens is 1. The van der Waals surface area contributed by atoms with Crippen molar-refractivity contribution in [3.05, 3.63) is 75.1 Å². The van der Waals surface area contributed by atoms with E-state index >= 15 is 0 Å². The number of thiophene rings is 1. The van der Waals surface area contributed by atoms with Crippen LogP contribution in [0.1, 0.15) is 10.4 Å². The van der Waals surface area contributed by atoms with Gasteiger partial charge in [-0.25, -0.2) is 4.90 Å². The Labute approximate surface area is 187 Å². The largest absolute Gasteiger partial charge is 0.486 e. The van der Waals surface area contributed by atoms with Gasteiger partial charge in [0.1, 0.15) is 18.9 Å². The molecule has 0 spiro atoms. The summed E-state index contributed by atoms with van der Waals surface area (Å²) in [6.07, 6.45) is 0. The molecule has 0 bridgehead atoms. The second-order valence-corrected chi connectivity index (χ2v) is 8.47. The summed E-state index contributed by atoms with van der Waals surface area (Å²) < 4.78 is 11.2. The minimum Gasteiger partial charge on any atom is -0.486 e. The molecule has 2 aliphatic rings. The van der Waals surface area contributed by atoms with E-state index in [0.717, 1.165) is 5.56 Å². The number of aryl methyl sites for hydroxylation is 1. The maximum atomic E-state index is 13.5. The smallest absolute Gasteiger partial charge is 0.282 e. The molecule has 2 amide bonds. The summed E-state index contributed by atoms with van der Waals surface area (Å²) in [4.78, 5) is 28.8. The van der Waals surface area contributed by atoms with Crippen molar-refractivity contribution in [2.24, 2.45) is 0 Å². The van der Waals surface area contributed by atoms with Crippen molar-refractivity contribution >= 4 is 51.7 Å². The summed E-state index contributed by atoms with van der Waals surface area (Å²) in [6, 6.07) is 14.2. The molecular weight excluding hydrogens is 436 g/mol. The number of imide groups is 1. The molecule has 2 aliphatic heterocycles. The van der Waals surface area contributed by atoms with Crippen LogP contribution in [0.2, 0.25) is 5.02 Å². The van der Waals surface area contributed by atoms with Crippen LogP contribution in [-0.2, 0) is 9.59 Å². The molecule has 156 valence electrons. The van der Waals surface area contributed by atoms with Crippen molar-refractivity contribution in [3.8, 4) is 11.5 Å². The van der Waals surface area contributed by atoms with E-state index in [1.165, 1.54) is 16.2 Å². The lowest BCUT2D eigenvalue weighted by Crippen LogP contribution is -2.33. The van der Waals surface area contributed by atoms with E-state index in [9.17, 15) is 9.59 Å². The van der Waals surface area contributed by atoms with Crippen LogP contribution in [0.5, 0.6) is 11.5 Å². The number of fused-ring (bicyclic) bond motifs is 1. The van der Waals surface area contributed by atoms with Gasteiger partial charge in [-0.3, -0.25) is 9.59 Å². The highest BCUT2D eigenvalue weighted by Crippen LogP contribution is 2.39. The number of carbonyl (C=O) groups is 2. The van der Waals surface area contributed by atoms with Gasteiger partial charge in [0.15, 0.2) is 11.5 Å². The number of ether oxygens (including phenoxy) is 2. The minimum atomic E-state index is -0.436. The molecule has 0 aliphatic carbocycles. The predicted octanol–water partition coefficient (Wildman–Crippen LogP) is 4.88. The molecule has 8 heteroatoms. The third-order valence-electron chi connectivity index (χ3n) is 5.08. The van der Waals surface area contributed by atoms with Gasteiger partial charge in [-0.15, -0.1) is 11.3 Å². The molecule has 3 aromatic rings. The monoisotopic (exact) mass is 452 g/mol. The summed E-state index contributed by atoms with van der Waals surface area (Å²) in [5.41, 5.74) is 2.41. The van der Waals surface area contributed by atoms with Crippen LogP contribution < -0.4 is 19.7 Å². The molecule has 0 saturated heterocycles. The first-order chi connectivity index (χ1) is 15.0. The van der Waals surface area contributed by atoms with Gasteiger partial charge in [-0.05, 0) is 48.2 Å². The van der Waals surface area contributed by atoms with Gasteiger partial charge in [0.25, 0.3) is 11.8 Å². The Bertz CT molecular complexity index is 1240. The molecule has 1 N–H and O–H groups in total. The molecule has 0 fully saturated rings. The normalized spacial score (nSPS) is 15.6. The number of rotatable bonds is 4. The summed E-state index contributed by atoms with van der Waals surface area (Å²) in [6.45, 7) is 2.79. The number of hydrogen-bond donors (Lipinski definition) is 1.